The number of nitrogens with one attached hydrogen (secondary N) is 2. The number of nitrogens with zero attached hydrogens (tertiary/aromatic N) is 4. The summed E-state index contributed by atoms with van der Waals surface area (Å²) in [5.74, 6) is 2.28. The second kappa shape index (κ2) is 5.97. The number of H-pyrrole nitrogens is 1. The first-order valence-electron chi connectivity index (χ1n) is 9.34. The normalized spacial score (nSPS) is 21.9. The summed E-state index contributed by atoms with van der Waals surface area (Å²) in [7, 11) is 0. The quantitative estimate of drug-likeness (QED) is 0.652. The molecule has 2 unspecified atom stereocenters. The summed E-state index contributed by atoms with van der Waals surface area (Å²) in [5.41, 5.74) is 15.6. The molecule has 2 aliphatic rings. The van der Waals surface area contributed by atoms with E-state index >= 15 is 0 Å². The molecule has 4 N–H and O–H groups in total. The van der Waals surface area contributed by atoms with Crippen molar-refractivity contribution in [3.05, 3.63) is 47.4 Å². The van der Waals surface area contributed by atoms with Crippen LogP contribution in [0.5, 0.6) is 0 Å². The molecule has 0 bridgehead atoms. The zero-order chi connectivity index (χ0) is 18.5. The Morgan fingerprint density at radius 2 is 2.04 bits per heavy atom. The first-order chi connectivity index (χ1) is 13.1. The molecule has 0 spiro atoms. The Balaban J connectivity index is 1.37. The molecule has 2 atom stereocenters. The van der Waals surface area contributed by atoms with Gasteiger partial charge >= 0.3 is 0 Å². The van der Waals surface area contributed by atoms with E-state index in [1.54, 1.807) is 6.20 Å². The van der Waals surface area contributed by atoms with Gasteiger partial charge in [0.1, 0.15) is 17.7 Å². The number of anilines is 2. The SMILES string of the molecule is Cc1cc2nc(C3NN=C4CN(c5ccc(N)cn5)CCC43)[nH]c2cc1C. The number of benzene rings is 1. The maximum absolute atomic E-state index is 5.75. The highest BCUT2D eigenvalue weighted by Crippen LogP contribution is 2.34. The molecule has 2 aromatic heterocycles. The van der Waals surface area contributed by atoms with E-state index in [-0.39, 0.29) is 6.04 Å². The summed E-state index contributed by atoms with van der Waals surface area (Å²) >= 11 is 0. The van der Waals surface area contributed by atoms with E-state index in [1.165, 1.54) is 11.1 Å². The molecule has 0 saturated carbocycles. The minimum atomic E-state index is 0.106. The molecule has 7 nitrogen and oxygen atoms in total. The summed E-state index contributed by atoms with van der Waals surface area (Å²) < 4.78 is 0. The van der Waals surface area contributed by atoms with Crippen LogP contribution in [-0.2, 0) is 0 Å². The van der Waals surface area contributed by atoms with Crippen LogP contribution in [0.25, 0.3) is 11.0 Å². The van der Waals surface area contributed by atoms with Crippen LogP contribution in [0, 0.1) is 19.8 Å². The second-order valence-corrected chi connectivity index (χ2v) is 7.55. The highest BCUT2D eigenvalue weighted by atomic mass is 15.4. The Kier molecular flexibility index (Phi) is 3.56. The molecule has 138 valence electrons. The number of hydrazone groups is 1. The van der Waals surface area contributed by atoms with Crippen molar-refractivity contribution in [2.24, 2.45) is 11.0 Å². The van der Waals surface area contributed by atoms with Crippen LogP contribution < -0.4 is 16.1 Å². The first kappa shape index (κ1) is 16.1. The van der Waals surface area contributed by atoms with Gasteiger partial charge in [0.25, 0.3) is 0 Å². The Bertz CT molecular complexity index is 995. The van der Waals surface area contributed by atoms with E-state index < -0.39 is 0 Å². The second-order valence-electron chi connectivity index (χ2n) is 7.55. The predicted molar refractivity (Wildman–Crippen MR) is 108 cm³/mol. The number of nitrogen functional groups attached to an aromatic ring is 1. The topological polar surface area (TPSA) is 95.2 Å². The number of aromatic nitrogens is 3. The molecule has 3 aromatic rings. The zero-order valence-corrected chi connectivity index (χ0v) is 15.5. The number of rotatable bonds is 2. The van der Waals surface area contributed by atoms with Crippen molar-refractivity contribution >= 4 is 28.3 Å². The molecule has 1 saturated heterocycles. The lowest BCUT2D eigenvalue weighted by Crippen LogP contribution is -2.41. The van der Waals surface area contributed by atoms with Crippen molar-refractivity contribution in [2.75, 3.05) is 23.7 Å². The van der Waals surface area contributed by atoms with Crippen molar-refractivity contribution in [3.63, 3.8) is 0 Å². The molecule has 1 aromatic carbocycles. The smallest absolute Gasteiger partial charge is 0.132 e. The largest absolute Gasteiger partial charge is 0.397 e. The highest BCUT2D eigenvalue weighted by molar-refractivity contribution is 5.93. The maximum Gasteiger partial charge on any atom is 0.132 e. The van der Waals surface area contributed by atoms with E-state index in [1.807, 2.05) is 12.1 Å². The van der Waals surface area contributed by atoms with E-state index in [2.05, 4.69) is 51.4 Å². The third-order valence-electron chi connectivity index (χ3n) is 5.75. The minimum Gasteiger partial charge on any atom is -0.397 e. The van der Waals surface area contributed by atoms with Crippen molar-refractivity contribution in [2.45, 2.75) is 26.3 Å². The summed E-state index contributed by atoms with van der Waals surface area (Å²) in [6, 6.07) is 8.29. The average molecular weight is 361 g/mol. The van der Waals surface area contributed by atoms with Crippen LogP contribution in [0.3, 0.4) is 0 Å². The monoisotopic (exact) mass is 361 g/mol. The van der Waals surface area contributed by atoms with Crippen molar-refractivity contribution in [1.29, 1.82) is 0 Å². The fraction of sp³-hybridized carbons (Fsp3) is 0.350. The Labute approximate surface area is 157 Å². The summed E-state index contributed by atoms with van der Waals surface area (Å²) in [6.07, 6.45) is 2.72. The fourth-order valence-corrected chi connectivity index (χ4v) is 4.04. The predicted octanol–water partition coefficient (Wildman–Crippen LogP) is 2.68. The van der Waals surface area contributed by atoms with Gasteiger partial charge in [-0.3, -0.25) is 5.43 Å². The van der Waals surface area contributed by atoms with Gasteiger partial charge < -0.3 is 15.6 Å². The fourth-order valence-electron chi connectivity index (χ4n) is 4.04. The van der Waals surface area contributed by atoms with Crippen LogP contribution in [-0.4, -0.2) is 33.8 Å². The molecule has 5 rings (SSSR count). The van der Waals surface area contributed by atoms with Crippen molar-refractivity contribution < 1.29 is 0 Å². The number of fused-ring (bicyclic) bond motifs is 2. The van der Waals surface area contributed by atoms with Gasteiger partial charge in [-0.15, -0.1) is 0 Å². The third-order valence-corrected chi connectivity index (χ3v) is 5.75. The molecule has 0 amide bonds. The zero-order valence-electron chi connectivity index (χ0n) is 15.5. The Morgan fingerprint density at radius 1 is 1.19 bits per heavy atom. The molecule has 27 heavy (non-hydrogen) atoms. The number of hydrogen-bond acceptors (Lipinski definition) is 6. The van der Waals surface area contributed by atoms with Gasteiger partial charge in [-0.25, -0.2) is 9.97 Å². The lowest BCUT2D eigenvalue weighted by Gasteiger charge is -2.32. The lowest BCUT2D eigenvalue weighted by molar-refractivity contribution is 0.443. The van der Waals surface area contributed by atoms with Gasteiger partial charge in [0.2, 0.25) is 0 Å². The van der Waals surface area contributed by atoms with Gasteiger partial charge in [0.15, 0.2) is 0 Å². The van der Waals surface area contributed by atoms with Crippen molar-refractivity contribution in [3.8, 4) is 0 Å². The highest BCUT2D eigenvalue weighted by Gasteiger charge is 2.38. The van der Waals surface area contributed by atoms with E-state index in [4.69, 9.17) is 10.7 Å². The van der Waals surface area contributed by atoms with E-state index in [0.29, 0.717) is 11.6 Å². The summed E-state index contributed by atoms with van der Waals surface area (Å²) in [6.45, 7) is 5.98. The third kappa shape index (κ3) is 2.70. The Morgan fingerprint density at radius 3 is 2.85 bits per heavy atom. The number of piperidine rings is 1. The molecule has 0 radical (unpaired) electrons. The van der Waals surface area contributed by atoms with Crippen LogP contribution in [0.2, 0.25) is 0 Å². The molecule has 4 heterocycles. The molecule has 1 fully saturated rings. The number of hydrogen-bond donors (Lipinski definition) is 3. The van der Waals surface area contributed by atoms with E-state index in [9.17, 15) is 0 Å². The lowest BCUT2D eigenvalue weighted by atomic mass is 9.88. The number of pyridine rings is 1. The number of imidazole rings is 1. The van der Waals surface area contributed by atoms with Gasteiger partial charge in [0.05, 0.1) is 35.2 Å². The van der Waals surface area contributed by atoms with Crippen LogP contribution in [0.4, 0.5) is 11.5 Å². The van der Waals surface area contributed by atoms with Crippen LogP contribution in [0.1, 0.15) is 29.4 Å². The molecule has 0 aliphatic carbocycles. The molecule has 2 aliphatic heterocycles. The van der Waals surface area contributed by atoms with Gasteiger partial charge in [-0.1, -0.05) is 0 Å². The minimum absolute atomic E-state index is 0.106. The number of aromatic amines is 1. The molecular weight excluding hydrogens is 338 g/mol. The summed E-state index contributed by atoms with van der Waals surface area (Å²) in [5, 5.41) is 4.63. The standard InChI is InChI=1S/C20H23N7/c1-11-7-15-16(8-12(11)2)24-20(23-15)19-14-5-6-27(10-17(14)25-26-19)18-4-3-13(21)9-22-18/h3-4,7-9,14,19,26H,5-6,10,21H2,1-2H3,(H,23,24). The first-order valence-corrected chi connectivity index (χ1v) is 9.34. The van der Waals surface area contributed by atoms with E-state index in [0.717, 1.165) is 47.9 Å². The Hall–Kier alpha value is -3.09. The molecular formula is C20H23N7. The van der Waals surface area contributed by atoms with Crippen LogP contribution >= 0.6 is 0 Å². The summed E-state index contributed by atoms with van der Waals surface area (Å²) in [4.78, 5) is 15.0. The molecule has 7 heteroatoms. The van der Waals surface area contributed by atoms with Crippen molar-refractivity contribution in [1.82, 2.24) is 20.4 Å². The van der Waals surface area contributed by atoms with Gasteiger partial charge in [0, 0.05) is 12.5 Å². The van der Waals surface area contributed by atoms with Crippen LogP contribution in [0.15, 0.2) is 35.6 Å². The average Bonchev–Trinajstić information content (AvgIpc) is 3.25. The van der Waals surface area contributed by atoms with Gasteiger partial charge in [-0.2, -0.15) is 5.10 Å². The maximum atomic E-state index is 5.75. The number of nitrogens with two attached hydrogens (primary N) is 1. The van der Waals surface area contributed by atoms with Gasteiger partial charge in [-0.05, 0) is 55.7 Å². The number of aryl methyl sites for hydroxylation is 2.